The number of anilines is 1. The molecule has 3 amide bonds. The lowest BCUT2D eigenvalue weighted by Gasteiger charge is -2.13. The number of nitro benzene ring substituents is 1. The number of carbonyl (C=O) groups excluding carboxylic acids is 4. The minimum atomic E-state index is -1.05. The van der Waals surface area contributed by atoms with E-state index in [0.717, 1.165) is 6.07 Å². The smallest absolute Gasteiger partial charge is 0.326 e. The van der Waals surface area contributed by atoms with E-state index in [9.17, 15) is 29.3 Å². The number of pyridine rings is 1. The summed E-state index contributed by atoms with van der Waals surface area (Å²) in [5.74, 6) is -3.61. The van der Waals surface area contributed by atoms with Crippen LogP contribution >= 0.6 is 11.6 Å². The lowest BCUT2D eigenvalue weighted by Crippen LogP contribution is -2.36. The highest BCUT2D eigenvalue weighted by atomic mass is 35.5. The minimum Gasteiger partial charge on any atom is -0.454 e. The number of hydrogen-bond acceptors (Lipinski definition) is 8. The van der Waals surface area contributed by atoms with Crippen LogP contribution in [-0.4, -0.2) is 51.6 Å². The summed E-state index contributed by atoms with van der Waals surface area (Å²) in [6.07, 6.45) is 1.42. The number of carbonyl (C=O) groups is 4. The molecule has 0 radical (unpaired) electrons. The van der Waals surface area contributed by atoms with E-state index >= 15 is 0 Å². The number of nitrogens with one attached hydrogen (secondary N) is 1. The average molecular weight is 419 g/mol. The van der Waals surface area contributed by atoms with E-state index in [2.05, 4.69) is 10.3 Å². The van der Waals surface area contributed by atoms with Crippen LogP contribution in [0.4, 0.5) is 11.4 Å². The second-order valence-corrected chi connectivity index (χ2v) is 6.06. The van der Waals surface area contributed by atoms with Gasteiger partial charge in [-0.25, -0.2) is 4.98 Å². The Morgan fingerprint density at radius 2 is 1.97 bits per heavy atom. The van der Waals surface area contributed by atoms with Gasteiger partial charge in [-0.3, -0.25) is 34.2 Å². The number of nitrogens with zero attached hydrogens (tertiary/aromatic N) is 3. The van der Waals surface area contributed by atoms with Crippen LogP contribution < -0.4 is 5.32 Å². The first-order chi connectivity index (χ1) is 13.8. The second-order valence-electron chi connectivity index (χ2n) is 5.70. The van der Waals surface area contributed by atoms with E-state index in [1.165, 1.54) is 30.5 Å². The third kappa shape index (κ3) is 4.04. The molecule has 3 rings (SSSR count). The molecule has 0 saturated carbocycles. The number of benzene rings is 1. The van der Waals surface area contributed by atoms with E-state index in [1.54, 1.807) is 0 Å². The van der Waals surface area contributed by atoms with Gasteiger partial charge in [-0.2, -0.15) is 0 Å². The van der Waals surface area contributed by atoms with Gasteiger partial charge in [0.1, 0.15) is 12.1 Å². The third-order valence-corrected chi connectivity index (χ3v) is 4.16. The lowest BCUT2D eigenvalue weighted by atomic mass is 10.1. The number of halogens is 1. The van der Waals surface area contributed by atoms with Crippen LogP contribution in [-0.2, 0) is 14.3 Å². The largest absolute Gasteiger partial charge is 0.454 e. The molecule has 1 aromatic carbocycles. The van der Waals surface area contributed by atoms with Crippen LogP contribution in [0.2, 0.25) is 5.15 Å². The SMILES string of the molecule is O=C(COC(=O)CN1C(=O)c2cccc([N+](=O)[O-])c2C1=O)Nc1cccnc1Cl. The molecule has 0 fully saturated rings. The first-order valence-electron chi connectivity index (χ1n) is 7.99. The Labute approximate surface area is 167 Å². The zero-order valence-corrected chi connectivity index (χ0v) is 15.2. The molecular formula is C17H11ClN4O7. The molecule has 1 aliphatic heterocycles. The van der Waals surface area contributed by atoms with Crippen molar-refractivity contribution >= 4 is 46.7 Å². The first-order valence-corrected chi connectivity index (χ1v) is 8.37. The summed E-state index contributed by atoms with van der Waals surface area (Å²) in [7, 11) is 0. The Bertz CT molecular complexity index is 1060. The summed E-state index contributed by atoms with van der Waals surface area (Å²) in [5, 5.41) is 13.5. The fourth-order valence-corrected chi connectivity index (χ4v) is 2.76. The topological polar surface area (TPSA) is 149 Å². The van der Waals surface area contributed by atoms with Crippen molar-refractivity contribution in [2.24, 2.45) is 0 Å². The molecule has 148 valence electrons. The van der Waals surface area contributed by atoms with Gasteiger partial charge in [-0.1, -0.05) is 17.7 Å². The molecule has 1 N–H and O–H groups in total. The summed E-state index contributed by atoms with van der Waals surface area (Å²) in [6, 6.07) is 6.62. The molecule has 12 heteroatoms. The Kier molecular flexibility index (Phi) is 5.50. The van der Waals surface area contributed by atoms with Gasteiger partial charge in [0.05, 0.1) is 16.2 Å². The summed E-state index contributed by atoms with van der Waals surface area (Å²) in [6.45, 7) is -1.50. The molecule has 0 bridgehead atoms. The van der Waals surface area contributed by atoms with E-state index in [-0.39, 0.29) is 22.0 Å². The maximum Gasteiger partial charge on any atom is 0.326 e. The monoisotopic (exact) mass is 418 g/mol. The van der Waals surface area contributed by atoms with Gasteiger partial charge in [0.25, 0.3) is 23.4 Å². The van der Waals surface area contributed by atoms with Crippen LogP contribution in [0.3, 0.4) is 0 Å². The molecule has 0 saturated heterocycles. The van der Waals surface area contributed by atoms with Gasteiger partial charge in [-0.05, 0) is 18.2 Å². The van der Waals surface area contributed by atoms with Gasteiger partial charge >= 0.3 is 5.97 Å². The van der Waals surface area contributed by atoms with Crippen molar-refractivity contribution in [3.63, 3.8) is 0 Å². The number of aromatic nitrogens is 1. The highest BCUT2D eigenvalue weighted by molar-refractivity contribution is 6.32. The van der Waals surface area contributed by atoms with Crippen molar-refractivity contribution in [1.29, 1.82) is 0 Å². The summed E-state index contributed by atoms with van der Waals surface area (Å²) in [4.78, 5) is 63.0. The van der Waals surface area contributed by atoms with Crippen LogP contribution in [0.25, 0.3) is 0 Å². The molecule has 11 nitrogen and oxygen atoms in total. The minimum absolute atomic E-state index is 0.0415. The number of rotatable bonds is 6. The Balaban J connectivity index is 1.61. The van der Waals surface area contributed by atoms with Crippen molar-refractivity contribution in [3.8, 4) is 0 Å². The number of hydrogen-bond donors (Lipinski definition) is 1. The maximum atomic E-state index is 12.4. The highest BCUT2D eigenvalue weighted by Crippen LogP contribution is 2.30. The van der Waals surface area contributed by atoms with Crippen molar-refractivity contribution in [2.45, 2.75) is 0 Å². The van der Waals surface area contributed by atoms with E-state index in [0.29, 0.717) is 4.90 Å². The van der Waals surface area contributed by atoms with Crippen LogP contribution in [0.15, 0.2) is 36.5 Å². The highest BCUT2D eigenvalue weighted by Gasteiger charge is 2.41. The average Bonchev–Trinajstić information content (AvgIpc) is 2.93. The maximum absolute atomic E-state index is 12.4. The molecule has 0 atom stereocenters. The predicted octanol–water partition coefficient (Wildman–Crippen LogP) is 1.42. The van der Waals surface area contributed by atoms with E-state index in [1.807, 2.05) is 0 Å². The van der Waals surface area contributed by atoms with Crippen molar-refractivity contribution in [3.05, 3.63) is 62.9 Å². The van der Waals surface area contributed by atoms with Gasteiger partial charge in [-0.15, -0.1) is 0 Å². The Morgan fingerprint density at radius 1 is 1.21 bits per heavy atom. The van der Waals surface area contributed by atoms with Crippen molar-refractivity contribution in [2.75, 3.05) is 18.5 Å². The molecule has 0 unspecified atom stereocenters. The molecule has 2 heterocycles. The Morgan fingerprint density at radius 3 is 2.66 bits per heavy atom. The molecule has 1 aromatic heterocycles. The van der Waals surface area contributed by atoms with Gasteiger partial charge < -0.3 is 10.1 Å². The fourth-order valence-electron chi connectivity index (χ4n) is 2.60. The molecule has 1 aliphatic rings. The molecule has 0 aliphatic carbocycles. The van der Waals surface area contributed by atoms with E-state index < -0.39 is 47.5 Å². The van der Waals surface area contributed by atoms with Gasteiger partial charge in [0.2, 0.25) is 0 Å². The molecular weight excluding hydrogens is 408 g/mol. The molecule has 0 spiro atoms. The fraction of sp³-hybridized carbons (Fsp3) is 0.118. The Hall–Kier alpha value is -3.86. The second kappa shape index (κ2) is 8.02. The van der Waals surface area contributed by atoms with E-state index in [4.69, 9.17) is 16.3 Å². The number of ether oxygens (including phenoxy) is 1. The number of esters is 1. The zero-order chi connectivity index (χ0) is 21.1. The lowest BCUT2D eigenvalue weighted by molar-refractivity contribution is -0.385. The summed E-state index contributed by atoms with van der Waals surface area (Å²) < 4.78 is 4.76. The zero-order valence-electron chi connectivity index (χ0n) is 14.5. The number of fused-ring (bicyclic) bond motifs is 1. The first kappa shape index (κ1) is 19.9. The van der Waals surface area contributed by atoms with Crippen LogP contribution in [0.1, 0.15) is 20.7 Å². The third-order valence-electron chi connectivity index (χ3n) is 3.86. The van der Waals surface area contributed by atoms with Crippen LogP contribution in [0, 0.1) is 10.1 Å². The number of amides is 3. The summed E-state index contributed by atoms with van der Waals surface area (Å²) in [5.41, 5.74) is -0.896. The van der Waals surface area contributed by atoms with Crippen molar-refractivity contribution in [1.82, 2.24) is 9.88 Å². The number of nitro groups is 1. The normalized spacial score (nSPS) is 12.5. The summed E-state index contributed by atoms with van der Waals surface area (Å²) >= 11 is 5.79. The standard InChI is InChI=1S/C17H11ClN4O7/c18-15-10(4-2-6-19-15)20-12(23)8-29-13(24)7-21-16(25)9-3-1-5-11(22(27)28)14(9)17(21)26/h1-6H,7-8H2,(H,20,23). The number of imide groups is 1. The molecule has 2 aromatic rings. The van der Waals surface area contributed by atoms with Gasteiger partial charge in [0.15, 0.2) is 11.8 Å². The van der Waals surface area contributed by atoms with Crippen LogP contribution in [0.5, 0.6) is 0 Å². The molecule has 29 heavy (non-hydrogen) atoms. The quantitative estimate of drug-likeness (QED) is 0.243. The van der Waals surface area contributed by atoms with Gasteiger partial charge in [0, 0.05) is 12.3 Å². The van der Waals surface area contributed by atoms with Crippen molar-refractivity contribution < 1.29 is 28.8 Å². The predicted molar refractivity (Wildman–Crippen MR) is 97.3 cm³/mol.